The van der Waals surface area contributed by atoms with Crippen LogP contribution in [0.25, 0.3) is 0 Å². The van der Waals surface area contributed by atoms with Crippen LogP contribution in [0.1, 0.15) is 49.1 Å². The monoisotopic (exact) mass is 433 g/mol. The van der Waals surface area contributed by atoms with E-state index >= 15 is 0 Å². The number of nitrogens with zero attached hydrogens (tertiary/aromatic N) is 3. The van der Waals surface area contributed by atoms with E-state index in [0.29, 0.717) is 19.5 Å². The molecule has 1 aromatic carbocycles. The Balaban J connectivity index is 1.38. The number of rotatable bonds is 5. The molecule has 3 heterocycles. The number of hydrogen-bond acceptors (Lipinski definition) is 4. The van der Waals surface area contributed by atoms with Crippen molar-refractivity contribution in [1.29, 1.82) is 0 Å². The van der Waals surface area contributed by atoms with Crippen LogP contribution >= 0.6 is 0 Å². The highest BCUT2D eigenvalue weighted by Crippen LogP contribution is 2.54. The lowest BCUT2D eigenvalue weighted by atomic mass is 9.60. The Labute approximate surface area is 189 Å². The summed E-state index contributed by atoms with van der Waals surface area (Å²) in [6.07, 6.45) is 9.01. The number of amides is 2. The molecule has 32 heavy (non-hydrogen) atoms. The third-order valence-corrected chi connectivity index (χ3v) is 7.67. The zero-order valence-electron chi connectivity index (χ0n) is 18.4. The molecule has 3 aliphatic rings. The van der Waals surface area contributed by atoms with Crippen LogP contribution in [0.2, 0.25) is 0 Å². The zero-order chi connectivity index (χ0) is 22.1. The van der Waals surface area contributed by atoms with E-state index in [9.17, 15) is 14.7 Å². The van der Waals surface area contributed by atoms with Gasteiger partial charge in [-0.15, -0.1) is 0 Å². The fourth-order valence-corrected chi connectivity index (χ4v) is 6.14. The van der Waals surface area contributed by atoms with Gasteiger partial charge in [0.05, 0.1) is 24.6 Å². The van der Waals surface area contributed by atoms with Crippen LogP contribution in [0.3, 0.4) is 0 Å². The summed E-state index contributed by atoms with van der Waals surface area (Å²) in [7, 11) is 0. The van der Waals surface area contributed by atoms with Crippen molar-refractivity contribution in [3.8, 4) is 0 Å². The van der Waals surface area contributed by atoms with E-state index in [4.69, 9.17) is 0 Å². The van der Waals surface area contributed by atoms with Gasteiger partial charge >= 0.3 is 0 Å². The van der Waals surface area contributed by atoms with Crippen LogP contribution in [-0.2, 0) is 16.0 Å². The Kier molecular flexibility index (Phi) is 5.72. The highest BCUT2D eigenvalue weighted by Gasteiger charge is 2.68. The van der Waals surface area contributed by atoms with Crippen LogP contribution in [0.4, 0.5) is 0 Å². The molecule has 2 saturated heterocycles. The number of aliphatic hydroxyl groups is 1. The number of pyridine rings is 1. The number of carbonyl (C=O) groups excluding carboxylic acids is 2. The summed E-state index contributed by atoms with van der Waals surface area (Å²) in [5.41, 5.74) is 1.63. The molecule has 5 rings (SSSR count). The molecule has 1 saturated carbocycles. The summed E-state index contributed by atoms with van der Waals surface area (Å²) in [5.74, 6) is 0.332. The van der Waals surface area contributed by atoms with Crippen molar-refractivity contribution in [2.75, 3.05) is 19.7 Å². The van der Waals surface area contributed by atoms with Crippen LogP contribution in [0, 0.1) is 5.92 Å². The first-order valence-corrected chi connectivity index (χ1v) is 11.8. The van der Waals surface area contributed by atoms with Crippen molar-refractivity contribution < 1.29 is 14.7 Å². The van der Waals surface area contributed by atoms with Crippen LogP contribution in [0.15, 0.2) is 54.9 Å². The zero-order valence-corrected chi connectivity index (χ0v) is 18.4. The maximum absolute atomic E-state index is 13.6. The maximum Gasteiger partial charge on any atom is 0.227 e. The average Bonchev–Trinajstić information content (AvgIpc) is 2.79. The van der Waals surface area contributed by atoms with E-state index in [1.165, 1.54) is 6.42 Å². The van der Waals surface area contributed by atoms with Crippen molar-refractivity contribution in [3.05, 3.63) is 66.0 Å². The van der Waals surface area contributed by atoms with Gasteiger partial charge in [-0.25, -0.2) is 0 Å². The predicted molar refractivity (Wildman–Crippen MR) is 121 cm³/mol. The molecular weight excluding hydrogens is 402 g/mol. The molecular formula is C26H31N3O3. The molecule has 0 unspecified atom stereocenters. The third kappa shape index (κ3) is 3.51. The predicted octanol–water partition coefficient (Wildman–Crippen LogP) is 2.77. The number of aromatic nitrogens is 1. The highest BCUT2D eigenvalue weighted by atomic mass is 16.3. The SMILES string of the molecule is O=C(Cc1cccnc1)N1CC2(C1)[C@@H](c1ccccc1)[C@@H](CO)N2C(=O)C1CCCCC1. The van der Waals surface area contributed by atoms with Crippen LogP contribution in [-0.4, -0.2) is 63.0 Å². The molecule has 0 bridgehead atoms. The number of hydrogen-bond donors (Lipinski definition) is 1. The fraction of sp³-hybridized carbons (Fsp3) is 0.500. The maximum atomic E-state index is 13.6. The summed E-state index contributed by atoms with van der Waals surface area (Å²) in [5, 5.41) is 10.3. The van der Waals surface area contributed by atoms with E-state index in [1.54, 1.807) is 12.4 Å². The average molecular weight is 434 g/mol. The first-order valence-electron chi connectivity index (χ1n) is 11.8. The lowest BCUT2D eigenvalue weighted by Gasteiger charge is -2.71. The van der Waals surface area contributed by atoms with E-state index in [-0.39, 0.29) is 36.3 Å². The number of likely N-dealkylation sites (tertiary alicyclic amines) is 2. The minimum atomic E-state index is -0.409. The van der Waals surface area contributed by atoms with Gasteiger partial charge in [0.1, 0.15) is 0 Å². The van der Waals surface area contributed by atoms with Crippen molar-refractivity contribution in [3.63, 3.8) is 0 Å². The quantitative estimate of drug-likeness (QED) is 0.787. The van der Waals surface area contributed by atoms with E-state index in [0.717, 1.165) is 36.8 Å². The van der Waals surface area contributed by atoms with Gasteiger partial charge < -0.3 is 14.9 Å². The second-order valence-corrected chi connectivity index (χ2v) is 9.57. The lowest BCUT2D eigenvalue weighted by molar-refractivity contribution is -0.206. The molecule has 6 heteroatoms. The second kappa shape index (κ2) is 8.66. The molecule has 1 aromatic heterocycles. The Morgan fingerprint density at radius 3 is 2.44 bits per heavy atom. The van der Waals surface area contributed by atoms with Gasteiger partial charge in [0, 0.05) is 37.3 Å². The van der Waals surface area contributed by atoms with Crippen LogP contribution in [0.5, 0.6) is 0 Å². The van der Waals surface area contributed by atoms with Gasteiger partial charge in [0.25, 0.3) is 0 Å². The van der Waals surface area contributed by atoms with Crippen molar-refractivity contribution in [1.82, 2.24) is 14.8 Å². The van der Waals surface area contributed by atoms with Gasteiger partial charge in [-0.3, -0.25) is 14.6 Å². The lowest BCUT2D eigenvalue weighted by Crippen LogP contribution is -2.86. The topological polar surface area (TPSA) is 73.7 Å². The van der Waals surface area contributed by atoms with Gasteiger partial charge in [0.2, 0.25) is 11.8 Å². The molecule has 168 valence electrons. The third-order valence-electron chi connectivity index (χ3n) is 7.67. The number of carbonyl (C=O) groups is 2. The second-order valence-electron chi connectivity index (χ2n) is 9.57. The van der Waals surface area contributed by atoms with Crippen LogP contribution < -0.4 is 0 Å². The molecule has 2 amide bonds. The minimum absolute atomic E-state index is 0.0451. The Morgan fingerprint density at radius 2 is 1.78 bits per heavy atom. The summed E-state index contributed by atoms with van der Waals surface area (Å²) < 4.78 is 0. The molecule has 0 radical (unpaired) electrons. The Morgan fingerprint density at radius 1 is 1.03 bits per heavy atom. The molecule has 1 spiro atoms. The Bertz CT molecular complexity index is 953. The molecule has 1 aliphatic carbocycles. The highest BCUT2D eigenvalue weighted by molar-refractivity contribution is 5.85. The normalized spacial score (nSPS) is 24.7. The van der Waals surface area contributed by atoms with Gasteiger partial charge in [-0.2, -0.15) is 0 Å². The first kappa shape index (κ1) is 21.1. The Hall–Kier alpha value is -2.73. The standard InChI is InChI=1S/C26H31N3O3/c30-16-22-24(20-9-3-1-4-10-20)26(29(22)25(32)21-11-5-2-6-12-21)17-28(18-26)23(31)14-19-8-7-13-27-15-19/h1,3-4,7-10,13,15,21-22,24,30H,2,5-6,11-12,14,16-18H2/t22-,24+/m1/s1. The van der Waals surface area contributed by atoms with Gasteiger partial charge in [-0.05, 0) is 30.0 Å². The first-order chi connectivity index (χ1) is 15.6. The number of benzene rings is 1. The summed E-state index contributed by atoms with van der Waals surface area (Å²) in [6.45, 7) is 1.00. The number of aliphatic hydroxyl groups excluding tert-OH is 1. The molecule has 3 fully saturated rings. The van der Waals surface area contributed by atoms with E-state index in [2.05, 4.69) is 17.1 Å². The summed E-state index contributed by atoms with van der Waals surface area (Å²) in [4.78, 5) is 34.5. The molecule has 6 nitrogen and oxygen atoms in total. The summed E-state index contributed by atoms with van der Waals surface area (Å²) in [6, 6.07) is 13.7. The molecule has 2 aromatic rings. The van der Waals surface area contributed by atoms with Crippen molar-refractivity contribution in [2.24, 2.45) is 5.92 Å². The van der Waals surface area contributed by atoms with E-state index in [1.807, 2.05) is 40.1 Å². The minimum Gasteiger partial charge on any atom is -0.394 e. The fourth-order valence-electron chi connectivity index (χ4n) is 6.14. The molecule has 1 N–H and O–H groups in total. The summed E-state index contributed by atoms with van der Waals surface area (Å²) >= 11 is 0. The molecule has 2 aliphatic heterocycles. The molecule has 2 atom stereocenters. The van der Waals surface area contributed by atoms with Gasteiger partial charge in [0.15, 0.2) is 0 Å². The smallest absolute Gasteiger partial charge is 0.227 e. The van der Waals surface area contributed by atoms with Gasteiger partial charge in [-0.1, -0.05) is 55.7 Å². The van der Waals surface area contributed by atoms with Crippen molar-refractivity contribution in [2.45, 2.75) is 56.0 Å². The van der Waals surface area contributed by atoms with E-state index < -0.39 is 5.54 Å². The van der Waals surface area contributed by atoms with Crippen molar-refractivity contribution >= 4 is 11.8 Å². The largest absolute Gasteiger partial charge is 0.394 e.